The van der Waals surface area contributed by atoms with Crippen molar-refractivity contribution in [3.8, 4) is 0 Å². The third-order valence-electron chi connectivity index (χ3n) is 2.17. The number of carbonyl (C=O) groups is 2. The Morgan fingerprint density at radius 2 is 2.11 bits per heavy atom. The number of aliphatic hydroxyl groups excluding tert-OH is 1. The number of rotatable bonds is 5. The Hall–Kier alpha value is -1.06. The molecule has 19 heavy (non-hydrogen) atoms. The zero-order valence-electron chi connectivity index (χ0n) is 9.69. The SMILES string of the molecule is O=C(NCCC(O)C(=O)O)Nc1ccc(I)cc1Cl. The van der Waals surface area contributed by atoms with E-state index in [0.29, 0.717) is 10.7 Å². The smallest absolute Gasteiger partial charge is 0.332 e. The lowest BCUT2D eigenvalue weighted by Crippen LogP contribution is -2.33. The van der Waals surface area contributed by atoms with Crippen LogP contribution in [0, 0.1) is 3.57 Å². The van der Waals surface area contributed by atoms with Gasteiger partial charge in [-0.15, -0.1) is 0 Å². The highest BCUT2D eigenvalue weighted by Gasteiger charge is 2.13. The maximum atomic E-state index is 11.5. The van der Waals surface area contributed by atoms with Gasteiger partial charge in [0.1, 0.15) is 0 Å². The van der Waals surface area contributed by atoms with Crippen LogP contribution in [0.25, 0.3) is 0 Å². The van der Waals surface area contributed by atoms with E-state index in [1.54, 1.807) is 18.2 Å². The van der Waals surface area contributed by atoms with Crippen LogP contribution in [0.1, 0.15) is 6.42 Å². The van der Waals surface area contributed by atoms with Gasteiger partial charge < -0.3 is 20.8 Å². The number of aliphatic hydroxyl groups is 1. The molecule has 0 fully saturated rings. The van der Waals surface area contributed by atoms with Crippen LogP contribution in [-0.4, -0.2) is 34.9 Å². The normalized spacial score (nSPS) is 11.7. The fourth-order valence-corrected chi connectivity index (χ4v) is 2.11. The molecule has 0 bridgehead atoms. The number of carbonyl (C=O) groups excluding carboxylic acids is 1. The number of nitrogens with one attached hydrogen (secondary N) is 2. The Labute approximate surface area is 128 Å². The lowest BCUT2D eigenvalue weighted by molar-refractivity contribution is -0.146. The van der Waals surface area contributed by atoms with E-state index in [4.69, 9.17) is 21.8 Å². The molecule has 8 heteroatoms. The summed E-state index contributed by atoms with van der Waals surface area (Å²) in [7, 11) is 0. The lowest BCUT2D eigenvalue weighted by Gasteiger charge is -2.10. The lowest BCUT2D eigenvalue weighted by atomic mass is 10.2. The number of carboxylic acid groups (broad SMARTS) is 1. The summed E-state index contributed by atoms with van der Waals surface area (Å²) in [6, 6.07) is 4.64. The van der Waals surface area contributed by atoms with Gasteiger partial charge in [-0.1, -0.05) is 11.6 Å². The van der Waals surface area contributed by atoms with E-state index < -0.39 is 18.1 Å². The minimum absolute atomic E-state index is 0.0429. The van der Waals surface area contributed by atoms with E-state index in [1.165, 1.54) is 0 Å². The molecule has 1 rings (SSSR count). The average molecular weight is 399 g/mol. The minimum atomic E-state index is -1.48. The fraction of sp³-hybridized carbons (Fsp3) is 0.273. The predicted molar refractivity (Wildman–Crippen MR) is 79.5 cm³/mol. The molecule has 0 heterocycles. The summed E-state index contributed by atoms with van der Waals surface area (Å²) in [6.07, 6.45) is -1.55. The Morgan fingerprint density at radius 3 is 2.68 bits per heavy atom. The van der Waals surface area contributed by atoms with Crippen molar-refractivity contribution in [3.63, 3.8) is 0 Å². The molecule has 6 nitrogen and oxygen atoms in total. The molecule has 0 radical (unpaired) electrons. The first-order valence-corrected chi connectivity index (χ1v) is 6.76. The van der Waals surface area contributed by atoms with Crippen molar-refractivity contribution in [2.45, 2.75) is 12.5 Å². The van der Waals surface area contributed by atoms with Crippen LogP contribution in [0.2, 0.25) is 5.02 Å². The summed E-state index contributed by atoms with van der Waals surface area (Å²) in [4.78, 5) is 21.8. The number of hydrogen-bond acceptors (Lipinski definition) is 3. The number of benzene rings is 1. The second kappa shape index (κ2) is 7.51. The van der Waals surface area contributed by atoms with Gasteiger partial charge in [0.05, 0.1) is 10.7 Å². The molecule has 0 aliphatic rings. The maximum Gasteiger partial charge on any atom is 0.332 e. The molecule has 0 spiro atoms. The highest BCUT2D eigenvalue weighted by molar-refractivity contribution is 14.1. The molecule has 1 unspecified atom stereocenters. The average Bonchev–Trinajstić information content (AvgIpc) is 2.32. The van der Waals surface area contributed by atoms with Crippen LogP contribution in [0.3, 0.4) is 0 Å². The summed E-state index contributed by atoms with van der Waals surface area (Å²) < 4.78 is 0.943. The minimum Gasteiger partial charge on any atom is -0.479 e. The second-order valence-electron chi connectivity index (χ2n) is 3.65. The molecule has 1 aromatic rings. The number of amides is 2. The van der Waals surface area contributed by atoms with Crippen LogP contribution in [0.5, 0.6) is 0 Å². The van der Waals surface area contributed by atoms with Gasteiger partial charge >= 0.3 is 12.0 Å². The summed E-state index contributed by atoms with van der Waals surface area (Å²) in [5, 5.41) is 22.8. The molecular formula is C11H12ClIN2O4. The van der Waals surface area contributed by atoms with Crippen molar-refractivity contribution in [3.05, 3.63) is 26.8 Å². The van der Waals surface area contributed by atoms with Gasteiger partial charge in [0.2, 0.25) is 0 Å². The van der Waals surface area contributed by atoms with E-state index in [0.717, 1.165) is 3.57 Å². The zero-order chi connectivity index (χ0) is 14.4. The zero-order valence-corrected chi connectivity index (χ0v) is 12.6. The van der Waals surface area contributed by atoms with Crippen molar-refractivity contribution in [1.29, 1.82) is 0 Å². The molecule has 0 saturated heterocycles. The standard InChI is InChI=1S/C11H12ClIN2O4/c12-7-5-6(13)1-2-8(7)15-11(19)14-4-3-9(16)10(17)18/h1-2,5,9,16H,3-4H2,(H,17,18)(H2,14,15,19). The number of halogens is 2. The van der Waals surface area contributed by atoms with Crippen LogP contribution in [0.15, 0.2) is 18.2 Å². The third-order valence-corrected chi connectivity index (χ3v) is 3.15. The number of carboxylic acids is 1. The number of hydrogen-bond donors (Lipinski definition) is 4. The Balaban J connectivity index is 2.41. The van der Waals surface area contributed by atoms with Gasteiger partial charge in [-0.3, -0.25) is 0 Å². The fourth-order valence-electron chi connectivity index (χ4n) is 1.20. The quantitative estimate of drug-likeness (QED) is 0.569. The van der Waals surface area contributed by atoms with Gasteiger partial charge in [0, 0.05) is 16.5 Å². The Kier molecular flexibility index (Phi) is 6.32. The summed E-state index contributed by atoms with van der Waals surface area (Å²) >= 11 is 8.03. The van der Waals surface area contributed by atoms with E-state index in [2.05, 4.69) is 33.2 Å². The number of urea groups is 1. The largest absolute Gasteiger partial charge is 0.479 e. The monoisotopic (exact) mass is 398 g/mol. The van der Waals surface area contributed by atoms with Crippen molar-refractivity contribution in [2.75, 3.05) is 11.9 Å². The van der Waals surface area contributed by atoms with Crippen LogP contribution in [-0.2, 0) is 4.79 Å². The predicted octanol–water partition coefficient (Wildman–Crippen LogP) is 1.90. The molecule has 1 atom stereocenters. The molecule has 2 amide bonds. The third kappa shape index (κ3) is 5.62. The second-order valence-corrected chi connectivity index (χ2v) is 5.30. The van der Waals surface area contributed by atoms with Crippen molar-refractivity contribution >= 4 is 51.9 Å². The molecular weight excluding hydrogens is 386 g/mol. The van der Waals surface area contributed by atoms with Crippen LogP contribution >= 0.6 is 34.2 Å². The summed E-state index contributed by atoms with van der Waals surface area (Å²) in [5.74, 6) is -1.32. The number of anilines is 1. The van der Waals surface area contributed by atoms with Crippen LogP contribution < -0.4 is 10.6 Å². The molecule has 0 aliphatic heterocycles. The summed E-state index contributed by atoms with van der Waals surface area (Å²) in [5.41, 5.74) is 0.457. The van der Waals surface area contributed by atoms with E-state index in [1.807, 2.05) is 0 Å². The molecule has 104 valence electrons. The molecule has 0 saturated carbocycles. The van der Waals surface area contributed by atoms with Gasteiger partial charge in [-0.25, -0.2) is 9.59 Å². The van der Waals surface area contributed by atoms with Crippen LogP contribution in [0.4, 0.5) is 10.5 Å². The first-order chi connectivity index (χ1) is 8.90. The van der Waals surface area contributed by atoms with E-state index in [9.17, 15) is 9.59 Å². The van der Waals surface area contributed by atoms with Gasteiger partial charge in [-0.05, 0) is 40.8 Å². The first kappa shape index (κ1) is 16.0. The molecule has 0 aliphatic carbocycles. The van der Waals surface area contributed by atoms with Crippen molar-refractivity contribution in [1.82, 2.24) is 5.32 Å². The van der Waals surface area contributed by atoms with Gasteiger partial charge in [-0.2, -0.15) is 0 Å². The van der Waals surface area contributed by atoms with E-state index >= 15 is 0 Å². The highest BCUT2D eigenvalue weighted by Crippen LogP contribution is 2.23. The Morgan fingerprint density at radius 1 is 1.42 bits per heavy atom. The topological polar surface area (TPSA) is 98.7 Å². The van der Waals surface area contributed by atoms with Gasteiger partial charge in [0.25, 0.3) is 0 Å². The molecule has 0 aromatic heterocycles. The molecule has 1 aromatic carbocycles. The van der Waals surface area contributed by atoms with Crippen molar-refractivity contribution in [2.24, 2.45) is 0 Å². The number of aliphatic carboxylic acids is 1. The first-order valence-electron chi connectivity index (χ1n) is 5.31. The highest BCUT2D eigenvalue weighted by atomic mass is 127. The maximum absolute atomic E-state index is 11.5. The Bertz CT molecular complexity index is 484. The molecule has 4 N–H and O–H groups in total. The summed E-state index contributed by atoms with van der Waals surface area (Å²) in [6.45, 7) is 0.0429. The van der Waals surface area contributed by atoms with Gasteiger partial charge in [0.15, 0.2) is 6.10 Å². The van der Waals surface area contributed by atoms with E-state index in [-0.39, 0.29) is 13.0 Å². The van der Waals surface area contributed by atoms with Crippen molar-refractivity contribution < 1.29 is 19.8 Å².